The minimum absolute atomic E-state index is 0.0638. The number of rotatable bonds is 30. The van der Waals surface area contributed by atoms with Crippen molar-refractivity contribution in [1.29, 1.82) is 0 Å². The lowest BCUT2D eigenvalue weighted by Gasteiger charge is -2.44. The summed E-state index contributed by atoms with van der Waals surface area (Å²) in [4.78, 5) is 122. The van der Waals surface area contributed by atoms with Gasteiger partial charge in [0.15, 0.2) is 0 Å². The normalized spacial score (nSPS) is 16.9. The van der Waals surface area contributed by atoms with E-state index in [1.807, 2.05) is 30.9 Å². The number of carbonyl (C=O) groups excluding carboxylic acids is 9. The van der Waals surface area contributed by atoms with Gasteiger partial charge in [-0.25, -0.2) is 0 Å². The Kier molecular flexibility index (Phi) is 23.7. The highest BCUT2D eigenvalue weighted by Gasteiger charge is 2.40. The van der Waals surface area contributed by atoms with Gasteiger partial charge in [-0.2, -0.15) is 0 Å². The van der Waals surface area contributed by atoms with E-state index in [9.17, 15) is 43.2 Å². The molecule has 0 aromatic carbocycles. The van der Waals surface area contributed by atoms with Crippen molar-refractivity contribution in [2.75, 3.05) is 53.9 Å². The summed E-state index contributed by atoms with van der Waals surface area (Å²) in [7, 11) is 5.79. The maximum absolute atomic E-state index is 13.5. The van der Waals surface area contributed by atoms with Crippen LogP contribution in [0.2, 0.25) is 0 Å². The molecule has 0 aromatic heterocycles. The number of hydrogen-bond acceptors (Lipinski definition) is 11. The zero-order chi connectivity index (χ0) is 50.6. The Balaban J connectivity index is 1.87. The van der Waals surface area contributed by atoms with Gasteiger partial charge in [0.2, 0.25) is 53.2 Å². The molecular formula is C47H85N11O9. The predicted octanol–water partition coefficient (Wildman–Crippen LogP) is 0.624. The van der Waals surface area contributed by atoms with Gasteiger partial charge in [-0.15, -0.1) is 0 Å². The standard InChI is InChI=1S/C47H85N11O9/c1-12-14-15-16-17-18-22-33(52-40(64)34-23-19-28-58(34)11)38(62)49-30-37(61)53-44(3,4)42(66)50-29-36(60)51-32(21-13-2)39(63)55-46(7,8)43(67)56-45(5,6)41(65)48-27-24-35(59)54-47(25-20-26-47)31-57(9)10/h32-34H,12-31H2,1-11H3,(H,48,65)(H,49,62)(H,50,66)(H,51,60)(H,52,64)(H,53,61)(H,54,59)(H,55,63)(H,56,67). The third-order valence-electron chi connectivity index (χ3n) is 12.4. The van der Waals surface area contributed by atoms with Gasteiger partial charge >= 0.3 is 0 Å². The van der Waals surface area contributed by atoms with Crippen LogP contribution in [-0.2, 0) is 43.2 Å². The van der Waals surface area contributed by atoms with Crippen LogP contribution in [-0.4, -0.2) is 157 Å². The third kappa shape index (κ3) is 20.1. The number of carbonyl (C=O) groups is 9. The topological polar surface area (TPSA) is 268 Å². The molecule has 0 radical (unpaired) electrons. The highest BCUT2D eigenvalue weighted by atomic mass is 16.2. The van der Waals surface area contributed by atoms with Crippen LogP contribution < -0.4 is 47.9 Å². The summed E-state index contributed by atoms with van der Waals surface area (Å²) in [5, 5.41) is 24.3. The number of nitrogens with zero attached hydrogens (tertiary/aromatic N) is 2. The van der Waals surface area contributed by atoms with Gasteiger partial charge in [0.1, 0.15) is 28.7 Å². The molecule has 2 rings (SSSR count). The molecule has 1 saturated carbocycles. The van der Waals surface area contributed by atoms with Crippen molar-refractivity contribution in [2.24, 2.45) is 0 Å². The van der Waals surface area contributed by atoms with E-state index in [0.29, 0.717) is 19.3 Å². The number of likely N-dealkylation sites (N-methyl/N-ethyl adjacent to an activating group) is 2. The maximum atomic E-state index is 13.5. The van der Waals surface area contributed by atoms with Crippen LogP contribution >= 0.6 is 0 Å². The quantitative estimate of drug-likeness (QED) is 0.0451. The summed E-state index contributed by atoms with van der Waals surface area (Å²) in [6, 6.07) is -2.22. The first-order chi connectivity index (χ1) is 31.3. The van der Waals surface area contributed by atoms with Crippen LogP contribution in [0.3, 0.4) is 0 Å². The second-order valence-corrected chi connectivity index (χ2v) is 20.4. The largest absolute Gasteiger partial charge is 0.354 e. The number of likely N-dealkylation sites (tertiary alicyclic amines) is 1. The smallest absolute Gasteiger partial charge is 0.246 e. The zero-order valence-electron chi connectivity index (χ0n) is 42.4. The number of nitrogens with one attached hydrogen (secondary N) is 9. The first-order valence-corrected chi connectivity index (χ1v) is 24.3. The maximum Gasteiger partial charge on any atom is 0.246 e. The van der Waals surface area contributed by atoms with E-state index < -0.39 is 83.1 Å². The SMILES string of the molecule is CCCCCCCCC(NC(=O)C1CCCN1C)C(=O)NCC(=O)NC(C)(C)C(=O)NCC(=O)NC(CCC)C(=O)NC(C)(C)C(=O)NC(C)(C)C(=O)NCCC(=O)NC1(CN(C)C)CCC1. The van der Waals surface area contributed by atoms with Crippen LogP contribution in [0.5, 0.6) is 0 Å². The van der Waals surface area contributed by atoms with Crippen molar-refractivity contribution in [1.82, 2.24) is 57.7 Å². The summed E-state index contributed by atoms with van der Waals surface area (Å²) < 4.78 is 0. The van der Waals surface area contributed by atoms with E-state index in [0.717, 1.165) is 77.3 Å². The molecule has 9 N–H and O–H groups in total. The lowest BCUT2D eigenvalue weighted by molar-refractivity contribution is -0.138. The van der Waals surface area contributed by atoms with Crippen LogP contribution in [0, 0.1) is 0 Å². The zero-order valence-corrected chi connectivity index (χ0v) is 42.4. The lowest BCUT2D eigenvalue weighted by Crippen LogP contribution is -2.64. The Labute approximate surface area is 398 Å². The van der Waals surface area contributed by atoms with Gasteiger partial charge in [0.05, 0.1) is 24.7 Å². The Hall–Kier alpha value is -4.85. The van der Waals surface area contributed by atoms with Crippen LogP contribution in [0.1, 0.15) is 152 Å². The van der Waals surface area contributed by atoms with Gasteiger partial charge < -0.3 is 52.8 Å². The predicted molar refractivity (Wildman–Crippen MR) is 256 cm³/mol. The van der Waals surface area contributed by atoms with Gasteiger partial charge in [0, 0.05) is 19.5 Å². The molecule has 1 aliphatic carbocycles. The molecule has 9 amide bonds. The molecule has 1 saturated heterocycles. The summed E-state index contributed by atoms with van der Waals surface area (Å²) in [6.45, 7) is 13.3. The molecule has 1 aliphatic heterocycles. The average molecular weight is 948 g/mol. The second-order valence-electron chi connectivity index (χ2n) is 20.4. The second kappa shape index (κ2) is 27.2. The molecule has 0 spiro atoms. The molecule has 2 fully saturated rings. The first kappa shape index (κ1) is 58.3. The lowest BCUT2D eigenvalue weighted by atomic mass is 9.76. The van der Waals surface area contributed by atoms with E-state index in [-0.39, 0.29) is 42.8 Å². The van der Waals surface area contributed by atoms with Crippen LogP contribution in [0.4, 0.5) is 0 Å². The van der Waals surface area contributed by atoms with E-state index in [1.165, 1.54) is 41.5 Å². The minimum atomic E-state index is -1.53. The monoisotopic (exact) mass is 948 g/mol. The van der Waals surface area contributed by atoms with Crippen molar-refractivity contribution in [3.8, 4) is 0 Å². The van der Waals surface area contributed by atoms with E-state index >= 15 is 0 Å². The van der Waals surface area contributed by atoms with Crippen molar-refractivity contribution in [3.05, 3.63) is 0 Å². The van der Waals surface area contributed by atoms with Gasteiger partial charge in [-0.05, 0) is 114 Å². The van der Waals surface area contributed by atoms with Gasteiger partial charge in [-0.1, -0.05) is 58.8 Å². The van der Waals surface area contributed by atoms with Crippen molar-refractivity contribution in [3.63, 3.8) is 0 Å². The van der Waals surface area contributed by atoms with Crippen LogP contribution in [0.25, 0.3) is 0 Å². The molecule has 382 valence electrons. The number of hydrogen-bond donors (Lipinski definition) is 9. The third-order valence-corrected chi connectivity index (χ3v) is 12.4. The van der Waals surface area contributed by atoms with E-state index in [2.05, 4.69) is 54.8 Å². The molecule has 67 heavy (non-hydrogen) atoms. The molecule has 20 nitrogen and oxygen atoms in total. The Morgan fingerprint density at radius 1 is 0.627 bits per heavy atom. The number of amides is 9. The highest BCUT2D eigenvalue weighted by Crippen LogP contribution is 2.32. The van der Waals surface area contributed by atoms with Gasteiger partial charge in [0.25, 0.3) is 0 Å². The van der Waals surface area contributed by atoms with Crippen molar-refractivity contribution in [2.45, 2.75) is 192 Å². The average Bonchev–Trinajstić information content (AvgIpc) is 3.66. The van der Waals surface area contributed by atoms with E-state index in [4.69, 9.17) is 0 Å². The molecule has 20 heteroatoms. The minimum Gasteiger partial charge on any atom is -0.354 e. The first-order valence-electron chi connectivity index (χ1n) is 24.3. The van der Waals surface area contributed by atoms with Crippen molar-refractivity contribution >= 4 is 53.2 Å². The summed E-state index contributed by atoms with van der Waals surface area (Å²) in [6.07, 6.45) is 11.6. The summed E-state index contributed by atoms with van der Waals surface area (Å²) >= 11 is 0. The Morgan fingerprint density at radius 2 is 1.21 bits per heavy atom. The molecule has 1 heterocycles. The molecule has 2 aliphatic rings. The van der Waals surface area contributed by atoms with Crippen molar-refractivity contribution < 1.29 is 43.2 Å². The summed E-state index contributed by atoms with van der Waals surface area (Å²) in [5.41, 5.74) is -4.70. The molecule has 3 atom stereocenters. The van der Waals surface area contributed by atoms with Gasteiger partial charge in [-0.3, -0.25) is 48.1 Å². The fraction of sp³-hybridized carbons (Fsp3) is 0.809. The van der Waals surface area contributed by atoms with E-state index in [1.54, 1.807) is 6.92 Å². The molecular weight excluding hydrogens is 863 g/mol. The Bertz CT molecular complexity index is 1710. The fourth-order valence-electron chi connectivity index (χ4n) is 8.18. The Morgan fingerprint density at radius 3 is 1.79 bits per heavy atom. The summed E-state index contributed by atoms with van der Waals surface area (Å²) in [5.74, 6) is -4.81. The molecule has 0 aromatic rings. The number of unbranched alkanes of at least 4 members (excludes halogenated alkanes) is 5. The molecule has 3 unspecified atom stereocenters. The molecule has 0 bridgehead atoms. The van der Waals surface area contributed by atoms with Crippen LogP contribution in [0.15, 0.2) is 0 Å². The fourth-order valence-corrected chi connectivity index (χ4v) is 8.18. The highest BCUT2D eigenvalue weighted by molar-refractivity contribution is 5.98.